The maximum atomic E-state index is 12.7. The molecule has 0 spiro atoms. The third-order valence-corrected chi connectivity index (χ3v) is 5.08. The fraction of sp³-hybridized carbons (Fsp3) is 0.812. The zero-order valence-electron chi connectivity index (χ0n) is 12.9. The number of carbonyl (C=O) groups is 3. The van der Waals surface area contributed by atoms with Gasteiger partial charge in [0.1, 0.15) is 6.04 Å². The fourth-order valence-corrected chi connectivity index (χ4v) is 3.65. The topological polar surface area (TPSA) is 77.9 Å². The molecule has 2 aliphatic heterocycles. The molecule has 22 heavy (non-hydrogen) atoms. The van der Waals surface area contributed by atoms with Crippen LogP contribution >= 0.6 is 0 Å². The van der Waals surface area contributed by atoms with Crippen molar-refractivity contribution in [3.63, 3.8) is 0 Å². The van der Waals surface area contributed by atoms with Crippen molar-refractivity contribution in [2.24, 2.45) is 11.8 Å². The van der Waals surface area contributed by atoms with E-state index in [2.05, 4.69) is 0 Å². The van der Waals surface area contributed by atoms with Crippen molar-refractivity contribution in [1.29, 1.82) is 0 Å². The van der Waals surface area contributed by atoms with Gasteiger partial charge in [-0.1, -0.05) is 0 Å². The minimum Gasteiger partial charge on any atom is -0.480 e. The van der Waals surface area contributed by atoms with Crippen LogP contribution in [-0.2, 0) is 14.4 Å². The molecule has 122 valence electrons. The molecule has 2 saturated heterocycles. The van der Waals surface area contributed by atoms with E-state index in [0.717, 1.165) is 45.1 Å². The number of aliphatic carboxylic acids is 1. The number of rotatable bonds is 3. The van der Waals surface area contributed by atoms with Crippen LogP contribution in [0.15, 0.2) is 0 Å². The molecule has 3 rings (SSSR count). The van der Waals surface area contributed by atoms with E-state index in [1.54, 1.807) is 4.90 Å². The molecule has 2 atom stereocenters. The number of carbonyl (C=O) groups excluding carboxylic acids is 2. The Morgan fingerprint density at radius 3 is 2.27 bits per heavy atom. The van der Waals surface area contributed by atoms with Crippen LogP contribution < -0.4 is 0 Å². The summed E-state index contributed by atoms with van der Waals surface area (Å²) in [4.78, 5) is 39.7. The third-order valence-electron chi connectivity index (χ3n) is 5.08. The molecule has 1 aliphatic carbocycles. The Morgan fingerprint density at radius 2 is 1.59 bits per heavy atom. The Bertz CT molecular complexity index is 475. The molecule has 6 nitrogen and oxygen atoms in total. The van der Waals surface area contributed by atoms with Crippen molar-refractivity contribution in [2.45, 2.75) is 51.0 Å². The Balaban J connectivity index is 1.65. The van der Waals surface area contributed by atoms with E-state index >= 15 is 0 Å². The molecular formula is C16H24N2O4. The van der Waals surface area contributed by atoms with Crippen LogP contribution in [0.2, 0.25) is 0 Å². The number of amides is 2. The lowest BCUT2D eigenvalue weighted by Gasteiger charge is -2.39. The van der Waals surface area contributed by atoms with Crippen LogP contribution in [0.4, 0.5) is 0 Å². The van der Waals surface area contributed by atoms with Gasteiger partial charge in [0.05, 0.1) is 5.92 Å². The monoisotopic (exact) mass is 308 g/mol. The predicted molar refractivity (Wildman–Crippen MR) is 79.0 cm³/mol. The second-order valence-corrected chi connectivity index (χ2v) is 6.78. The normalized spacial score (nSPS) is 29.3. The first kappa shape index (κ1) is 15.3. The van der Waals surface area contributed by atoms with Gasteiger partial charge in [-0.2, -0.15) is 0 Å². The smallest absolute Gasteiger partial charge is 0.326 e. The standard InChI is InChI=1S/C16H24N2O4/c19-14(11-6-7-11)17-8-3-4-12(10-17)15(20)18-9-2-1-5-13(18)16(21)22/h11-13H,1-10H2,(H,21,22)/t12-,13-/m0/s1. The minimum absolute atomic E-state index is 0.0691. The molecule has 0 unspecified atom stereocenters. The van der Waals surface area contributed by atoms with Crippen molar-refractivity contribution in [3.05, 3.63) is 0 Å². The molecule has 0 aromatic rings. The number of carboxylic acid groups (broad SMARTS) is 1. The molecule has 0 radical (unpaired) electrons. The lowest BCUT2D eigenvalue weighted by atomic mass is 9.93. The maximum Gasteiger partial charge on any atom is 0.326 e. The van der Waals surface area contributed by atoms with Crippen LogP contribution in [-0.4, -0.2) is 58.4 Å². The van der Waals surface area contributed by atoms with Gasteiger partial charge in [-0.05, 0) is 44.9 Å². The first-order chi connectivity index (χ1) is 10.6. The largest absolute Gasteiger partial charge is 0.480 e. The Labute approximate surface area is 130 Å². The zero-order valence-corrected chi connectivity index (χ0v) is 12.9. The summed E-state index contributed by atoms with van der Waals surface area (Å²) in [5.74, 6) is -0.840. The SMILES string of the molecule is O=C(O)[C@@H]1CCCCN1C(=O)[C@H]1CCCN(C(=O)C2CC2)C1. The highest BCUT2D eigenvalue weighted by Crippen LogP contribution is 2.33. The Kier molecular flexibility index (Phi) is 4.36. The molecule has 6 heteroatoms. The van der Waals surface area contributed by atoms with Gasteiger partial charge in [-0.15, -0.1) is 0 Å². The van der Waals surface area contributed by atoms with Gasteiger partial charge in [0.2, 0.25) is 11.8 Å². The summed E-state index contributed by atoms with van der Waals surface area (Å²) in [5.41, 5.74) is 0. The number of likely N-dealkylation sites (tertiary alicyclic amines) is 2. The number of hydrogen-bond acceptors (Lipinski definition) is 3. The van der Waals surface area contributed by atoms with Crippen LogP contribution in [0.3, 0.4) is 0 Å². The Morgan fingerprint density at radius 1 is 0.818 bits per heavy atom. The molecule has 0 bridgehead atoms. The summed E-state index contributed by atoms with van der Waals surface area (Å²) in [6.07, 6.45) is 5.81. The van der Waals surface area contributed by atoms with E-state index in [1.807, 2.05) is 4.90 Å². The van der Waals surface area contributed by atoms with Crippen molar-refractivity contribution in [3.8, 4) is 0 Å². The van der Waals surface area contributed by atoms with E-state index < -0.39 is 12.0 Å². The van der Waals surface area contributed by atoms with E-state index in [9.17, 15) is 19.5 Å². The molecular weight excluding hydrogens is 284 g/mol. The molecule has 0 aromatic carbocycles. The van der Waals surface area contributed by atoms with Crippen LogP contribution in [0, 0.1) is 11.8 Å². The van der Waals surface area contributed by atoms with Crippen LogP contribution in [0.25, 0.3) is 0 Å². The van der Waals surface area contributed by atoms with Crippen LogP contribution in [0.5, 0.6) is 0 Å². The van der Waals surface area contributed by atoms with E-state index in [4.69, 9.17) is 0 Å². The molecule has 2 heterocycles. The summed E-state index contributed by atoms with van der Waals surface area (Å²) in [6.45, 7) is 1.74. The van der Waals surface area contributed by atoms with Gasteiger partial charge in [0.25, 0.3) is 0 Å². The first-order valence-corrected chi connectivity index (χ1v) is 8.40. The highest BCUT2D eigenvalue weighted by atomic mass is 16.4. The van der Waals surface area contributed by atoms with E-state index in [-0.39, 0.29) is 23.7 Å². The van der Waals surface area contributed by atoms with Gasteiger partial charge in [-0.3, -0.25) is 9.59 Å². The highest BCUT2D eigenvalue weighted by Gasteiger charge is 2.40. The second kappa shape index (κ2) is 6.26. The molecule has 3 aliphatic rings. The summed E-state index contributed by atoms with van der Waals surface area (Å²) in [5, 5.41) is 9.32. The van der Waals surface area contributed by atoms with Crippen molar-refractivity contribution in [1.82, 2.24) is 9.80 Å². The van der Waals surface area contributed by atoms with Gasteiger partial charge < -0.3 is 14.9 Å². The van der Waals surface area contributed by atoms with Crippen molar-refractivity contribution < 1.29 is 19.5 Å². The molecule has 1 saturated carbocycles. The van der Waals surface area contributed by atoms with Crippen molar-refractivity contribution >= 4 is 17.8 Å². The maximum absolute atomic E-state index is 12.7. The van der Waals surface area contributed by atoms with Gasteiger partial charge in [0, 0.05) is 25.6 Å². The quantitative estimate of drug-likeness (QED) is 0.847. The summed E-state index contributed by atoms with van der Waals surface area (Å²) in [6, 6.07) is -0.684. The molecule has 2 amide bonds. The van der Waals surface area contributed by atoms with Gasteiger partial charge in [-0.25, -0.2) is 4.79 Å². The van der Waals surface area contributed by atoms with Gasteiger partial charge in [0.15, 0.2) is 0 Å². The first-order valence-electron chi connectivity index (χ1n) is 8.40. The van der Waals surface area contributed by atoms with Gasteiger partial charge >= 0.3 is 5.97 Å². The average molecular weight is 308 g/mol. The summed E-state index contributed by atoms with van der Waals surface area (Å²) >= 11 is 0. The molecule has 1 N–H and O–H groups in total. The lowest BCUT2D eigenvalue weighted by molar-refractivity contribution is -0.155. The molecule has 0 aromatic heterocycles. The average Bonchev–Trinajstić information content (AvgIpc) is 3.38. The Hall–Kier alpha value is -1.59. The second-order valence-electron chi connectivity index (χ2n) is 6.78. The molecule has 3 fully saturated rings. The third kappa shape index (κ3) is 3.10. The number of carboxylic acids is 1. The summed E-state index contributed by atoms with van der Waals surface area (Å²) < 4.78 is 0. The van der Waals surface area contributed by atoms with Crippen molar-refractivity contribution in [2.75, 3.05) is 19.6 Å². The van der Waals surface area contributed by atoms with E-state index in [0.29, 0.717) is 19.5 Å². The predicted octanol–water partition coefficient (Wildman–Crippen LogP) is 1.10. The fourth-order valence-electron chi connectivity index (χ4n) is 3.65. The summed E-state index contributed by atoms with van der Waals surface area (Å²) in [7, 11) is 0. The number of hydrogen-bond donors (Lipinski definition) is 1. The highest BCUT2D eigenvalue weighted by molar-refractivity contribution is 5.86. The lowest BCUT2D eigenvalue weighted by Crippen LogP contribution is -2.53. The zero-order chi connectivity index (χ0) is 15.7. The number of piperidine rings is 2. The van der Waals surface area contributed by atoms with E-state index in [1.165, 1.54) is 0 Å². The number of nitrogens with zero attached hydrogens (tertiary/aromatic N) is 2. The minimum atomic E-state index is -0.908. The van der Waals surface area contributed by atoms with Crippen LogP contribution in [0.1, 0.15) is 44.9 Å².